The molecule has 2 N–H and O–H groups in total. The van der Waals surface area contributed by atoms with E-state index in [1.165, 1.54) is 6.21 Å². The van der Waals surface area contributed by atoms with Gasteiger partial charge in [0.1, 0.15) is 5.82 Å². The third kappa shape index (κ3) is 1.07. The summed E-state index contributed by atoms with van der Waals surface area (Å²) >= 11 is 0. The van der Waals surface area contributed by atoms with Crippen LogP contribution < -0.4 is 11.1 Å². The Morgan fingerprint density at radius 2 is 2.33 bits per heavy atom. The number of amides is 2. The summed E-state index contributed by atoms with van der Waals surface area (Å²) in [5.41, 5.74) is 6.00. The van der Waals surface area contributed by atoms with E-state index in [-0.39, 0.29) is 5.82 Å². The van der Waals surface area contributed by atoms with Crippen LogP contribution in [-0.2, 0) is 0 Å². The minimum Gasteiger partial charge on any atom is -0.383 e. The normalized spacial score (nSPS) is 18.1. The monoisotopic (exact) mass is 124 g/mol. The smallest absolute Gasteiger partial charge is 0.368 e. The van der Waals surface area contributed by atoms with Crippen LogP contribution in [-0.4, -0.2) is 12.2 Å². The summed E-state index contributed by atoms with van der Waals surface area (Å²) in [7, 11) is 0. The van der Waals surface area contributed by atoms with Crippen molar-refractivity contribution in [3.05, 3.63) is 11.4 Å². The van der Waals surface area contributed by atoms with E-state index in [1.54, 1.807) is 6.92 Å². The Hall–Kier alpha value is -1.32. The molecule has 0 aromatic heterocycles. The summed E-state index contributed by atoms with van der Waals surface area (Å²) in [4.78, 5) is 13.7. The third-order valence-corrected chi connectivity index (χ3v) is 0.989. The van der Waals surface area contributed by atoms with E-state index >= 15 is 0 Å². The van der Waals surface area contributed by atoms with Crippen LogP contribution >= 0.6 is 0 Å². The lowest BCUT2D eigenvalue weighted by molar-refractivity contribution is 0.250. The van der Waals surface area contributed by atoms with Crippen molar-refractivity contribution < 1.29 is 4.79 Å². The van der Waals surface area contributed by atoms with Crippen molar-refractivity contribution in [2.45, 2.75) is 6.92 Å². The first kappa shape index (κ1) is 5.81. The molecule has 4 heteroatoms. The van der Waals surface area contributed by atoms with Gasteiger partial charge >= 0.3 is 6.03 Å². The highest BCUT2D eigenvalue weighted by atomic mass is 16.2. The van der Waals surface area contributed by atoms with E-state index in [4.69, 9.17) is 5.73 Å². The number of nitrogens with zero attached hydrogens (tertiary/aromatic N) is 2. The van der Waals surface area contributed by atoms with Gasteiger partial charge in [0.2, 0.25) is 0 Å². The molecule has 0 bridgehead atoms. The minimum absolute atomic E-state index is 0.259. The lowest BCUT2D eigenvalue weighted by Crippen LogP contribution is -2.22. The zero-order chi connectivity index (χ0) is 6.85. The largest absolute Gasteiger partial charge is 0.383 e. The number of rotatable bonds is 0. The average Bonchev–Trinajstić information content (AvgIpc) is 1.80. The first-order valence-corrected chi connectivity index (χ1v) is 2.46. The van der Waals surface area contributed by atoms with Gasteiger partial charge in [0.05, 0.1) is 0 Å². The highest BCUT2D eigenvalue weighted by Gasteiger charge is 2.08. The topological polar surface area (TPSA) is 69.6 Å². The van der Waals surface area contributed by atoms with Crippen LogP contribution in [0.4, 0.5) is 4.79 Å². The molecule has 1 radical (unpaired) electrons. The number of aliphatic imine (C=N–C) groups is 1. The van der Waals surface area contributed by atoms with Crippen LogP contribution in [0.3, 0.4) is 0 Å². The molecule has 1 aliphatic rings. The molecule has 9 heavy (non-hydrogen) atoms. The van der Waals surface area contributed by atoms with Gasteiger partial charge in [0.25, 0.3) is 0 Å². The van der Waals surface area contributed by atoms with Crippen LogP contribution in [0.5, 0.6) is 0 Å². The van der Waals surface area contributed by atoms with Crippen molar-refractivity contribution in [2.24, 2.45) is 10.7 Å². The number of nitrogens with two attached hydrogens (primary N) is 1. The quantitative estimate of drug-likeness (QED) is 0.493. The maximum absolute atomic E-state index is 10.3. The van der Waals surface area contributed by atoms with Crippen LogP contribution in [0.25, 0.3) is 0 Å². The van der Waals surface area contributed by atoms with Gasteiger partial charge in [-0.3, -0.25) is 0 Å². The molecule has 0 spiro atoms. The number of hydrogen-bond acceptors (Lipinski definition) is 2. The molecule has 1 aliphatic heterocycles. The second kappa shape index (κ2) is 1.89. The van der Waals surface area contributed by atoms with Crippen molar-refractivity contribution >= 4 is 12.2 Å². The first-order chi connectivity index (χ1) is 4.20. The number of carbonyl (C=O) groups is 1. The molecule has 0 unspecified atom stereocenters. The van der Waals surface area contributed by atoms with Crippen molar-refractivity contribution in [3.63, 3.8) is 0 Å². The molecule has 0 fully saturated rings. The third-order valence-electron chi connectivity index (χ3n) is 0.989. The number of carbonyl (C=O) groups excluding carboxylic acids is 1. The fraction of sp³-hybridized carbons (Fsp3) is 0.200. The van der Waals surface area contributed by atoms with E-state index in [9.17, 15) is 4.79 Å². The Morgan fingerprint density at radius 1 is 1.67 bits per heavy atom. The predicted molar refractivity (Wildman–Crippen MR) is 32.9 cm³/mol. The fourth-order valence-corrected chi connectivity index (χ4v) is 0.438. The van der Waals surface area contributed by atoms with E-state index in [0.29, 0.717) is 0 Å². The number of urea groups is 1. The summed E-state index contributed by atoms with van der Waals surface area (Å²) in [5.74, 6) is 0.259. The molecule has 2 amide bonds. The summed E-state index contributed by atoms with van der Waals surface area (Å²) < 4.78 is 0. The van der Waals surface area contributed by atoms with Crippen LogP contribution in [0.2, 0.25) is 0 Å². The SMILES string of the molecule is CC1=C(N)[N]C(=O)N=C1. The maximum atomic E-state index is 10.3. The average molecular weight is 124 g/mol. The number of hydrogen-bond donors (Lipinski definition) is 1. The Morgan fingerprint density at radius 3 is 2.78 bits per heavy atom. The van der Waals surface area contributed by atoms with E-state index < -0.39 is 6.03 Å². The van der Waals surface area contributed by atoms with Gasteiger partial charge in [0, 0.05) is 11.8 Å². The van der Waals surface area contributed by atoms with Crippen molar-refractivity contribution in [2.75, 3.05) is 0 Å². The minimum atomic E-state index is -0.530. The molecule has 0 atom stereocenters. The van der Waals surface area contributed by atoms with Gasteiger partial charge in [-0.25, -0.2) is 4.79 Å². The summed E-state index contributed by atoms with van der Waals surface area (Å²) in [5, 5.41) is 3.38. The van der Waals surface area contributed by atoms with Crippen molar-refractivity contribution in [3.8, 4) is 0 Å². The lowest BCUT2D eigenvalue weighted by Gasteiger charge is -2.03. The van der Waals surface area contributed by atoms with E-state index in [0.717, 1.165) is 5.57 Å². The summed E-state index contributed by atoms with van der Waals surface area (Å²) in [6.07, 6.45) is 1.41. The van der Waals surface area contributed by atoms with Gasteiger partial charge in [0.15, 0.2) is 0 Å². The highest BCUT2D eigenvalue weighted by molar-refractivity contribution is 5.94. The van der Waals surface area contributed by atoms with E-state index in [1.807, 2.05) is 0 Å². The zero-order valence-electron chi connectivity index (χ0n) is 4.96. The second-order valence-corrected chi connectivity index (χ2v) is 1.72. The van der Waals surface area contributed by atoms with E-state index in [2.05, 4.69) is 10.3 Å². The van der Waals surface area contributed by atoms with Crippen LogP contribution in [0.15, 0.2) is 16.4 Å². The number of allylic oxidation sites excluding steroid dienone is 1. The molecular formula is C5H6N3O. The first-order valence-electron chi connectivity index (χ1n) is 2.46. The van der Waals surface area contributed by atoms with Gasteiger partial charge in [-0.1, -0.05) is 0 Å². The highest BCUT2D eigenvalue weighted by Crippen LogP contribution is 1.98. The van der Waals surface area contributed by atoms with Gasteiger partial charge in [-0.05, 0) is 6.92 Å². The van der Waals surface area contributed by atoms with Gasteiger partial charge < -0.3 is 5.73 Å². The standard InChI is InChI=1S/C5H6N3O/c1-3-2-7-5(9)8-4(3)6/h2H,6H2,1H3. The molecule has 0 aromatic carbocycles. The molecule has 1 heterocycles. The molecular weight excluding hydrogens is 118 g/mol. The van der Waals surface area contributed by atoms with Gasteiger partial charge in [-0.15, -0.1) is 0 Å². The van der Waals surface area contributed by atoms with Crippen molar-refractivity contribution in [1.82, 2.24) is 5.32 Å². The molecule has 1 rings (SSSR count). The van der Waals surface area contributed by atoms with Crippen LogP contribution in [0.1, 0.15) is 6.92 Å². The second-order valence-electron chi connectivity index (χ2n) is 1.72. The maximum Gasteiger partial charge on any atom is 0.368 e. The summed E-state index contributed by atoms with van der Waals surface area (Å²) in [6.45, 7) is 1.74. The van der Waals surface area contributed by atoms with Crippen molar-refractivity contribution in [1.29, 1.82) is 0 Å². The Kier molecular flexibility index (Phi) is 1.22. The Balaban J connectivity index is 2.87. The molecule has 0 aromatic rings. The Labute approximate surface area is 52.5 Å². The zero-order valence-corrected chi connectivity index (χ0v) is 4.96. The van der Waals surface area contributed by atoms with Gasteiger partial charge in [-0.2, -0.15) is 10.3 Å². The lowest BCUT2D eigenvalue weighted by atomic mass is 10.3. The molecule has 0 aliphatic carbocycles. The predicted octanol–water partition coefficient (Wildman–Crippen LogP) is -0.0146. The fourth-order valence-electron chi connectivity index (χ4n) is 0.438. The molecule has 0 saturated heterocycles. The molecule has 47 valence electrons. The molecule has 0 saturated carbocycles. The van der Waals surface area contributed by atoms with Crippen LogP contribution in [0, 0.1) is 0 Å². The molecule has 4 nitrogen and oxygen atoms in total. The summed E-state index contributed by atoms with van der Waals surface area (Å²) in [6, 6.07) is -0.530. The Bertz CT molecular complexity index is 204.